The summed E-state index contributed by atoms with van der Waals surface area (Å²) in [4.78, 5) is 12.0. The fourth-order valence-corrected chi connectivity index (χ4v) is 2.33. The van der Waals surface area contributed by atoms with Crippen molar-refractivity contribution in [2.75, 3.05) is 0 Å². The van der Waals surface area contributed by atoms with Crippen molar-refractivity contribution in [3.8, 4) is 17.2 Å². The summed E-state index contributed by atoms with van der Waals surface area (Å²) in [6.45, 7) is 2.55. The number of fused-ring (bicyclic) bond motifs is 1. The maximum atomic E-state index is 12.0. The van der Waals surface area contributed by atoms with E-state index in [4.69, 9.17) is 0 Å². The highest BCUT2D eigenvalue weighted by Crippen LogP contribution is 2.32. The number of aromatic nitrogens is 1. The number of nitrogens with zero attached hydrogens (tertiary/aromatic N) is 1. The zero-order chi connectivity index (χ0) is 14.7. The topological polar surface area (TPSA) is 82.7 Å². The number of unbranched alkanes of at least 4 members (excludes halogenated alkanes) is 3. The first-order chi connectivity index (χ1) is 9.56. The van der Waals surface area contributed by atoms with Gasteiger partial charge in [0.05, 0.1) is 5.52 Å². The van der Waals surface area contributed by atoms with Crippen LogP contribution < -0.4 is 5.56 Å². The van der Waals surface area contributed by atoms with Crippen molar-refractivity contribution in [3.63, 3.8) is 0 Å². The third-order valence-corrected chi connectivity index (χ3v) is 3.43. The molecule has 5 nitrogen and oxygen atoms in total. The van der Waals surface area contributed by atoms with Gasteiger partial charge in [-0.3, -0.25) is 4.79 Å². The number of aromatic hydroxyl groups is 3. The van der Waals surface area contributed by atoms with Crippen molar-refractivity contribution in [2.45, 2.75) is 39.2 Å². The van der Waals surface area contributed by atoms with E-state index < -0.39 is 17.1 Å². The Morgan fingerprint density at radius 2 is 1.80 bits per heavy atom. The molecule has 1 heterocycles. The second-order valence-corrected chi connectivity index (χ2v) is 4.92. The SMILES string of the molecule is CCCCCCn1c(=O)c(O)c(O)c2ccc(O)cc21. The fourth-order valence-electron chi connectivity index (χ4n) is 2.33. The van der Waals surface area contributed by atoms with E-state index in [-0.39, 0.29) is 5.75 Å². The molecular formula is C15H19NO4. The maximum Gasteiger partial charge on any atom is 0.297 e. The third-order valence-electron chi connectivity index (χ3n) is 3.43. The van der Waals surface area contributed by atoms with Crippen molar-refractivity contribution in [1.82, 2.24) is 4.57 Å². The van der Waals surface area contributed by atoms with Gasteiger partial charge >= 0.3 is 0 Å². The molecule has 1 aromatic heterocycles. The lowest BCUT2D eigenvalue weighted by Crippen LogP contribution is -2.20. The van der Waals surface area contributed by atoms with Crippen LogP contribution in [0.3, 0.4) is 0 Å². The summed E-state index contributed by atoms with van der Waals surface area (Å²) in [6.07, 6.45) is 3.98. The summed E-state index contributed by atoms with van der Waals surface area (Å²) in [5, 5.41) is 29.4. The minimum atomic E-state index is -0.640. The van der Waals surface area contributed by atoms with Gasteiger partial charge in [0.25, 0.3) is 5.56 Å². The smallest absolute Gasteiger partial charge is 0.297 e. The van der Waals surface area contributed by atoms with Crippen LogP contribution in [-0.2, 0) is 6.54 Å². The van der Waals surface area contributed by atoms with Crippen LogP contribution in [0.4, 0.5) is 0 Å². The molecule has 108 valence electrons. The molecule has 0 bridgehead atoms. The van der Waals surface area contributed by atoms with E-state index >= 15 is 0 Å². The molecule has 1 aromatic carbocycles. The Bertz CT molecular complexity index is 676. The van der Waals surface area contributed by atoms with Crippen LogP contribution >= 0.6 is 0 Å². The molecule has 0 aliphatic rings. The van der Waals surface area contributed by atoms with Gasteiger partial charge in [-0.25, -0.2) is 0 Å². The van der Waals surface area contributed by atoms with Gasteiger partial charge in [-0.05, 0) is 18.6 Å². The highest BCUT2D eigenvalue weighted by atomic mass is 16.3. The van der Waals surface area contributed by atoms with Crippen molar-refractivity contribution in [3.05, 3.63) is 28.6 Å². The summed E-state index contributed by atoms with van der Waals surface area (Å²) in [5.74, 6) is -1.06. The summed E-state index contributed by atoms with van der Waals surface area (Å²) >= 11 is 0. The molecule has 0 atom stereocenters. The quantitative estimate of drug-likeness (QED) is 0.734. The van der Waals surface area contributed by atoms with Crippen LogP contribution in [0.1, 0.15) is 32.6 Å². The third kappa shape index (κ3) is 2.57. The number of hydrogen-bond acceptors (Lipinski definition) is 4. The number of hydrogen-bond donors (Lipinski definition) is 3. The molecule has 0 radical (unpaired) electrons. The summed E-state index contributed by atoms with van der Waals surface area (Å²) < 4.78 is 1.40. The number of benzene rings is 1. The van der Waals surface area contributed by atoms with Gasteiger partial charge in [-0.2, -0.15) is 0 Å². The number of pyridine rings is 1. The zero-order valence-electron chi connectivity index (χ0n) is 11.5. The van der Waals surface area contributed by atoms with E-state index in [1.807, 2.05) is 0 Å². The Kier molecular flexibility index (Phi) is 4.17. The molecule has 0 saturated heterocycles. The van der Waals surface area contributed by atoms with Crippen LogP contribution in [0.5, 0.6) is 17.2 Å². The van der Waals surface area contributed by atoms with Crippen LogP contribution in [0.2, 0.25) is 0 Å². The lowest BCUT2D eigenvalue weighted by molar-refractivity contribution is 0.396. The van der Waals surface area contributed by atoms with Gasteiger partial charge < -0.3 is 19.9 Å². The molecule has 2 rings (SSSR count). The number of phenols is 1. The lowest BCUT2D eigenvalue weighted by Gasteiger charge is -2.12. The first kappa shape index (κ1) is 14.2. The predicted octanol–water partition coefficient (Wildman–Crippen LogP) is 2.70. The highest BCUT2D eigenvalue weighted by molar-refractivity contribution is 5.88. The minimum Gasteiger partial charge on any atom is -0.508 e. The van der Waals surface area contributed by atoms with Crippen LogP contribution in [0.15, 0.2) is 23.0 Å². The van der Waals surface area contributed by atoms with Gasteiger partial charge in [0.15, 0.2) is 5.75 Å². The molecule has 2 aromatic rings. The van der Waals surface area contributed by atoms with Gasteiger partial charge in [0.2, 0.25) is 5.75 Å². The van der Waals surface area contributed by atoms with E-state index in [1.54, 1.807) is 0 Å². The Hall–Kier alpha value is -2.17. The minimum absolute atomic E-state index is 0.0179. The van der Waals surface area contributed by atoms with E-state index in [2.05, 4.69) is 6.92 Å². The van der Waals surface area contributed by atoms with Gasteiger partial charge in [-0.1, -0.05) is 26.2 Å². The second kappa shape index (κ2) is 5.86. The maximum absolute atomic E-state index is 12.0. The average molecular weight is 277 g/mol. The van der Waals surface area contributed by atoms with E-state index in [0.717, 1.165) is 25.7 Å². The predicted molar refractivity (Wildman–Crippen MR) is 77.3 cm³/mol. The standard InChI is InChI=1S/C15H19NO4/c1-2-3-4-5-8-16-12-9-10(17)6-7-11(12)13(18)14(19)15(16)20/h6-7,9,17-19H,2-5,8H2,1H3. The molecule has 0 aliphatic heterocycles. The Balaban J connectivity index is 2.51. The van der Waals surface area contributed by atoms with Gasteiger partial charge in [0, 0.05) is 18.0 Å². The number of rotatable bonds is 5. The molecule has 20 heavy (non-hydrogen) atoms. The molecule has 0 spiro atoms. The highest BCUT2D eigenvalue weighted by Gasteiger charge is 2.15. The molecule has 3 N–H and O–H groups in total. The van der Waals surface area contributed by atoms with Crippen molar-refractivity contribution >= 4 is 10.9 Å². The van der Waals surface area contributed by atoms with Crippen LogP contribution in [-0.4, -0.2) is 19.9 Å². The zero-order valence-corrected chi connectivity index (χ0v) is 11.5. The summed E-state index contributed by atoms with van der Waals surface area (Å²) in [7, 11) is 0. The average Bonchev–Trinajstić information content (AvgIpc) is 2.44. The van der Waals surface area contributed by atoms with Crippen molar-refractivity contribution in [1.29, 1.82) is 0 Å². The van der Waals surface area contributed by atoms with Gasteiger partial charge in [-0.15, -0.1) is 0 Å². The van der Waals surface area contributed by atoms with Crippen LogP contribution in [0, 0.1) is 0 Å². The number of aryl methyl sites for hydroxylation is 1. The molecule has 0 unspecified atom stereocenters. The van der Waals surface area contributed by atoms with E-state index in [9.17, 15) is 20.1 Å². The second-order valence-electron chi connectivity index (χ2n) is 4.92. The largest absolute Gasteiger partial charge is 0.508 e. The molecular weight excluding hydrogens is 258 g/mol. The summed E-state index contributed by atoms with van der Waals surface area (Å²) in [5.41, 5.74) is -0.195. The van der Waals surface area contributed by atoms with Crippen molar-refractivity contribution in [2.24, 2.45) is 0 Å². The summed E-state index contributed by atoms with van der Waals surface area (Å²) in [6, 6.07) is 4.32. The Morgan fingerprint density at radius 3 is 2.50 bits per heavy atom. The number of phenolic OH excluding ortho intramolecular Hbond substituents is 1. The first-order valence-electron chi connectivity index (χ1n) is 6.83. The van der Waals surface area contributed by atoms with E-state index in [0.29, 0.717) is 17.4 Å². The molecule has 0 saturated carbocycles. The van der Waals surface area contributed by atoms with Gasteiger partial charge in [0.1, 0.15) is 5.75 Å². The molecule has 0 fully saturated rings. The Labute approximate surface area is 116 Å². The molecule has 0 amide bonds. The molecule has 0 aliphatic carbocycles. The fraction of sp³-hybridized carbons (Fsp3) is 0.400. The normalized spacial score (nSPS) is 11.1. The molecule has 5 heteroatoms. The van der Waals surface area contributed by atoms with Crippen LogP contribution in [0.25, 0.3) is 10.9 Å². The lowest BCUT2D eigenvalue weighted by atomic mass is 10.1. The first-order valence-corrected chi connectivity index (χ1v) is 6.83. The Morgan fingerprint density at radius 1 is 1.05 bits per heavy atom. The van der Waals surface area contributed by atoms with E-state index in [1.165, 1.54) is 22.8 Å². The van der Waals surface area contributed by atoms with Crippen molar-refractivity contribution < 1.29 is 15.3 Å². The monoisotopic (exact) mass is 277 g/mol.